The minimum atomic E-state index is -0.135. The second-order valence-corrected chi connectivity index (χ2v) is 6.87. The number of hydrogen-bond donors (Lipinski definition) is 3. The van der Waals surface area contributed by atoms with Crippen molar-refractivity contribution in [2.75, 3.05) is 11.9 Å². The maximum absolute atomic E-state index is 11.8. The predicted molar refractivity (Wildman–Crippen MR) is 116 cm³/mol. The number of anilines is 1. The molecule has 0 bridgehead atoms. The number of halogens is 1. The number of amides is 1. The molecular weight excluding hydrogens is 404 g/mol. The van der Waals surface area contributed by atoms with Crippen LogP contribution in [0, 0.1) is 11.5 Å². The molecule has 158 valence electrons. The number of pyridine rings is 1. The second kappa shape index (κ2) is 13.9. The Morgan fingerprint density at radius 1 is 1.10 bits per heavy atom. The van der Waals surface area contributed by atoms with Gasteiger partial charge in [0, 0.05) is 36.1 Å². The summed E-state index contributed by atoms with van der Waals surface area (Å²) in [6.45, 7) is 0.881. The second-order valence-electron chi connectivity index (χ2n) is 6.43. The van der Waals surface area contributed by atoms with Gasteiger partial charge in [-0.15, -0.1) is 0 Å². The first-order valence-electron chi connectivity index (χ1n) is 9.69. The molecule has 0 saturated heterocycles. The summed E-state index contributed by atoms with van der Waals surface area (Å²) in [5.74, 6) is 0.268. The van der Waals surface area contributed by atoms with E-state index in [2.05, 4.69) is 26.1 Å². The molecule has 9 heteroatoms. The van der Waals surface area contributed by atoms with Gasteiger partial charge in [0.15, 0.2) is 6.19 Å². The lowest BCUT2D eigenvalue weighted by Crippen LogP contribution is -2.27. The molecule has 1 heterocycles. The van der Waals surface area contributed by atoms with Gasteiger partial charge >= 0.3 is 0 Å². The molecule has 0 saturated carbocycles. The zero-order valence-electron chi connectivity index (χ0n) is 16.6. The van der Waals surface area contributed by atoms with E-state index >= 15 is 0 Å². The molecule has 0 aliphatic heterocycles. The van der Waals surface area contributed by atoms with E-state index in [-0.39, 0.29) is 5.91 Å². The first kappa shape index (κ1) is 23.1. The zero-order valence-corrected chi connectivity index (χ0v) is 17.4. The maximum atomic E-state index is 11.8. The number of unbranched alkanes of at least 4 members (excludes halogenated alkanes) is 3. The number of nitrogens with one attached hydrogen (secondary N) is 3. The van der Waals surface area contributed by atoms with E-state index in [0.29, 0.717) is 30.6 Å². The Morgan fingerprint density at radius 3 is 2.57 bits per heavy atom. The van der Waals surface area contributed by atoms with Gasteiger partial charge in [-0.1, -0.05) is 36.6 Å². The number of carbonyl (C=O) groups excluding carboxylic acids is 1. The fraction of sp³-hybridized carbons (Fsp3) is 0.333. The highest BCUT2D eigenvalue weighted by molar-refractivity contribution is 6.30. The number of nitriles is 1. The van der Waals surface area contributed by atoms with Crippen molar-refractivity contribution in [2.45, 2.75) is 38.7 Å². The van der Waals surface area contributed by atoms with Crippen molar-refractivity contribution >= 4 is 29.2 Å². The molecule has 2 aromatic rings. The quantitative estimate of drug-likeness (QED) is 0.125. The van der Waals surface area contributed by atoms with Gasteiger partial charge in [-0.25, -0.2) is 5.48 Å². The van der Waals surface area contributed by atoms with Crippen LogP contribution in [0.5, 0.6) is 0 Å². The lowest BCUT2D eigenvalue weighted by Gasteiger charge is -2.07. The van der Waals surface area contributed by atoms with Crippen molar-refractivity contribution in [3.05, 3.63) is 59.4 Å². The van der Waals surface area contributed by atoms with Crippen LogP contribution in [-0.2, 0) is 16.2 Å². The smallest absolute Gasteiger partial charge is 0.243 e. The number of guanidine groups is 1. The van der Waals surface area contributed by atoms with Gasteiger partial charge in [-0.3, -0.25) is 24.9 Å². The van der Waals surface area contributed by atoms with Gasteiger partial charge < -0.3 is 5.32 Å². The SMILES string of the molecule is N#CNC(=NCCCCCCC(=O)NOCc1ccc(Cl)cc1)Nc1ccncc1. The van der Waals surface area contributed by atoms with Crippen molar-refractivity contribution < 1.29 is 9.63 Å². The Balaban J connectivity index is 1.53. The summed E-state index contributed by atoms with van der Waals surface area (Å²) in [6.07, 6.45) is 9.10. The lowest BCUT2D eigenvalue weighted by molar-refractivity contribution is -0.134. The summed E-state index contributed by atoms with van der Waals surface area (Å²) in [5, 5.41) is 15.1. The van der Waals surface area contributed by atoms with Crippen LogP contribution in [0.2, 0.25) is 5.02 Å². The molecular formula is C21H25ClN6O2. The number of aromatic nitrogens is 1. The van der Waals surface area contributed by atoms with Gasteiger partial charge in [-0.05, 0) is 42.7 Å². The third-order valence-electron chi connectivity index (χ3n) is 4.04. The number of hydroxylamine groups is 1. The molecule has 1 aromatic heterocycles. The highest BCUT2D eigenvalue weighted by Crippen LogP contribution is 2.10. The Hall–Kier alpha value is -3.15. The van der Waals surface area contributed by atoms with Crippen LogP contribution in [0.25, 0.3) is 0 Å². The van der Waals surface area contributed by atoms with Crippen molar-refractivity contribution in [3.8, 4) is 6.19 Å². The van der Waals surface area contributed by atoms with Crippen LogP contribution in [0.1, 0.15) is 37.7 Å². The molecule has 0 radical (unpaired) electrons. The fourth-order valence-electron chi connectivity index (χ4n) is 2.51. The first-order valence-corrected chi connectivity index (χ1v) is 10.1. The van der Waals surface area contributed by atoms with Crippen LogP contribution < -0.4 is 16.1 Å². The summed E-state index contributed by atoms with van der Waals surface area (Å²) in [5.41, 5.74) is 4.19. The number of hydrogen-bond acceptors (Lipinski definition) is 5. The van der Waals surface area contributed by atoms with Crippen LogP contribution in [0.15, 0.2) is 53.8 Å². The molecule has 0 aliphatic rings. The Kier molecular flexibility index (Phi) is 10.7. The lowest BCUT2D eigenvalue weighted by atomic mass is 10.1. The molecule has 0 fully saturated rings. The molecule has 3 N–H and O–H groups in total. The van der Waals surface area contributed by atoms with E-state index in [1.54, 1.807) is 36.7 Å². The average Bonchev–Trinajstić information content (AvgIpc) is 2.75. The van der Waals surface area contributed by atoms with E-state index in [1.807, 2.05) is 18.3 Å². The van der Waals surface area contributed by atoms with Crippen molar-refractivity contribution in [1.29, 1.82) is 5.26 Å². The molecule has 8 nitrogen and oxygen atoms in total. The Bertz CT molecular complexity index is 837. The molecule has 0 atom stereocenters. The fourth-order valence-corrected chi connectivity index (χ4v) is 2.63. The molecule has 0 aliphatic carbocycles. The maximum Gasteiger partial charge on any atom is 0.243 e. The summed E-state index contributed by atoms with van der Waals surface area (Å²) in [7, 11) is 0. The number of nitrogens with zero attached hydrogens (tertiary/aromatic N) is 3. The zero-order chi connectivity index (χ0) is 21.4. The third kappa shape index (κ3) is 9.87. The summed E-state index contributed by atoms with van der Waals surface area (Å²) >= 11 is 5.82. The average molecular weight is 429 g/mol. The monoisotopic (exact) mass is 428 g/mol. The molecule has 1 amide bonds. The van der Waals surface area contributed by atoms with Crippen molar-refractivity contribution in [2.24, 2.45) is 4.99 Å². The first-order chi connectivity index (χ1) is 14.7. The summed E-state index contributed by atoms with van der Waals surface area (Å²) in [6, 6.07) is 10.8. The normalized spacial score (nSPS) is 10.9. The molecule has 0 spiro atoms. The van der Waals surface area contributed by atoms with Crippen molar-refractivity contribution in [1.82, 2.24) is 15.8 Å². The Morgan fingerprint density at radius 2 is 1.83 bits per heavy atom. The number of aliphatic imine (C=N–C) groups is 1. The minimum Gasteiger partial charge on any atom is -0.325 e. The standard InChI is InChI=1S/C21H25ClN6O2/c22-18-8-6-17(7-9-18)15-30-28-20(29)5-3-1-2-4-12-25-21(26-16-23)27-19-10-13-24-14-11-19/h6-11,13-14H,1-5,12,15H2,(H,28,29)(H2,24,25,26,27). The van der Waals surface area contributed by atoms with Crippen molar-refractivity contribution in [3.63, 3.8) is 0 Å². The number of rotatable bonds is 11. The van der Waals surface area contributed by atoms with Crippen LogP contribution in [0.4, 0.5) is 5.69 Å². The van der Waals surface area contributed by atoms with Crippen LogP contribution in [0.3, 0.4) is 0 Å². The summed E-state index contributed by atoms with van der Waals surface area (Å²) in [4.78, 5) is 25.3. The van der Waals surface area contributed by atoms with Crippen LogP contribution >= 0.6 is 11.6 Å². The molecule has 0 unspecified atom stereocenters. The summed E-state index contributed by atoms with van der Waals surface area (Å²) < 4.78 is 0. The number of carbonyl (C=O) groups is 1. The van der Waals surface area contributed by atoms with Gasteiger partial charge in [0.2, 0.25) is 11.9 Å². The van der Waals surface area contributed by atoms with E-state index in [9.17, 15) is 4.79 Å². The van der Waals surface area contributed by atoms with E-state index in [4.69, 9.17) is 21.7 Å². The molecule has 1 aromatic carbocycles. The van der Waals surface area contributed by atoms with E-state index in [1.165, 1.54) is 0 Å². The van der Waals surface area contributed by atoms with E-state index in [0.717, 1.165) is 36.9 Å². The predicted octanol–water partition coefficient (Wildman–Crippen LogP) is 3.77. The molecule has 2 rings (SSSR count). The largest absolute Gasteiger partial charge is 0.325 e. The topological polar surface area (TPSA) is 111 Å². The molecule has 30 heavy (non-hydrogen) atoms. The van der Waals surface area contributed by atoms with E-state index < -0.39 is 0 Å². The van der Waals surface area contributed by atoms with Gasteiger partial charge in [0.05, 0.1) is 6.61 Å². The van der Waals surface area contributed by atoms with Gasteiger partial charge in [0.25, 0.3) is 0 Å². The highest BCUT2D eigenvalue weighted by atomic mass is 35.5. The van der Waals surface area contributed by atoms with Gasteiger partial charge in [0.1, 0.15) is 0 Å². The highest BCUT2D eigenvalue weighted by Gasteiger charge is 2.02. The third-order valence-corrected chi connectivity index (χ3v) is 4.29. The Labute approximate surface area is 181 Å². The van der Waals surface area contributed by atoms with Crippen LogP contribution in [-0.4, -0.2) is 23.4 Å². The number of benzene rings is 1. The minimum absolute atomic E-state index is 0.135. The van der Waals surface area contributed by atoms with Gasteiger partial charge in [-0.2, -0.15) is 5.26 Å².